The Kier molecular flexibility index (Phi) is 6.10. The van der Waals surface area contributed by atoms with Crippen molar-refractivity contribution < 1.29 is 9.53 Å². The molecule has 0 radical (unpaired) electrons. The maximum absolute atomic E-state index is 13.3. The van der Waals surface area contributed by atoms with Crippen molar-refractivity contribution in [3.05, 3.63) is 59.2 Å². The van der Waals surface area contributed by atoms with Gasteiger partial charge in [0.05, 0.1) is 22.9 Å². The Labute approximate surface area is 191 Å². The smallest absolute Gasteiger partial charge is 0.259 e. The first-order valence-electron chi connectivity index (χ1n) is 10.5. The second-order valence-corrected chi connectivity index (χ2v) is 8.73. The van der Waals surface area contributed by atoms with E-state index in [0.717, 1.165) is 55.1 Å². The summed E-state index contributed by atoms with van der Waals surface area (Å²) in [4.78, 5) is 17.9. The highest BCUT2D eigenvalue weighted by Gasteiger charge is 2.18. The van der Waals surface area contributed by atoms with Crippen LogP contribution in [0.3, 0.4) is 0 Å². The third-order valence-electron chi connectivity index (χ3n) is 5.52. The number of nitrogens with zero attached hydrogens (tertiary/aromatic N) is 2. The minimum absolute atomic E-state index is 0.204. The zero-order valence-corrected chi connectivity index (χ0v) is 19.7. The zero-order chi connectivity index (χ0) is 22.8. The van der Waals surface area contributed by atoms with E-state index in [1.54, 1.807) is 7.11 Å². The molecule has 3 aromatic carbocycles. The highest BCUT2D eigenvalue weighted by Crippen LogP contribution is 2.36. The van der Waals surface area contributed by atoms with Crippen molar-refractivity contribution in [1.82, 2.24) is 4.98 Å². The van der Waals surface area contributed by atoms with Gasteiger partial charge in [0.1, 0.15) is 5.75 Å². The van der Waals surface area contributed by atoms with Crippen molar-refractivity contribution in [2.24, 2.45) is 5.10 Å². The van der Waals surface area contributed by atoms with E-state index < -0.39 is 0 Å². The summed E-state index contributed by atoms with van der Waals surface area (Å²) in [5.74, 6) is 0.343. The van der Waals surface area contributed by atoms with Crippen molar-refractivity contribution in [2.45, 2.75) is 34.1 Å². The van der Waals surface area contributed by atoms with Gasteiger partial charge < -0.3 is 10.1 Å². The van der Waals surface area contributed by atoms with Crippen LogP contribution in [0.25, 0.3) is 21.0 Å². The second kappa shape index (κ2) is 8.96. The average Bonchev–Trinajstić information content (AvgIpc) is 3.22. The fourth-order valence-corrected chi connectivity index (χ4v) is 4.49. The predicted molar refractivity (Wildman–Crippen MR) is 135 cm³/mol. The zero-order valence-electron chi connectivity index (χ0n) is 18.9. The molecule has 4 rings (SSSR count). The van der Waals surface area contributed by atoms with Gasteiger partial charge in [-0.05, 0) is 67.3 Å². The van der Waals surface area contributed by atoms with Gasteiger partial charge in [-0.1, -0.05) is 42.5 Å². The Morgan fingerprint density at radius 1 is 1.16 bits per heavy atom. The van der Waals surface area contributed by atoms with Gasteiger partial charge in [0.25, 0.3) is 5.91 Å². The number of nitrogens with one attached hydrogen (secondary N) is 2. The van der Waals surface area contributed by atoms with Crippen molar-refractivity contribution in [1.29, 1.82) is 0 Å². The van der Waals surface area contributed by atoms with E-state index in [0.29, 0.717) is 11.3 Å². The summed E-state index contributed by atoms with van der Waals surface area (Å²) in [6.07, 6.45) is 0.879. The molecule has 2 N–H and O–H groups in total. The number of aryl methyl sites for hydroxylation is 2. The molecular weight excluding hydrogens is 420 g/mol. The number of benzene rings is 3. The first kappa shape index (κ1) is 21.8. The number of anilines is 2. The van der Waals surface area contributed by atoms with Crippen LogP contribution in [-0.2, 0) is 0 Å². The normalized spacial score (nSPS) is 11.7. The molecule has 0 saturated carbocycles. The minimum atomic E-state index is -0.204. The molecule has 6 nitrogen and oxygen atoms in total. The number of hydrogen-bond donors (Lipinski definition) is 2. The summed E-state index contributed by atoms with van der Waals surface area (Å²) in [6, 6.07) is 13.7. The number of hydrogen-bond acceptors (Lipinski definition) is 6. The largest absolute Gasteiger partial charge is 0.496 e. The fourth-order valence-electron chi connectivity index (χ4n) is 3.59. The predicted octanol–water partition coefficient (Wildman–Crippen LogP) is 6.53. The molecule has 1 aromatic heterocycles. The molecular formula is C25H26N4O2S. The SMILES string of the molecule is CC/C(C)=N/Nc1nc2cc(C)c(NC(=O)c3cc4ccccc4cc3OC)c(C)c2s1. The monoisotopic (exact) mass is 446 g/mol. The molecule has 7 heteroatoms. The van der Waals surface area contributed by atoms with Crippen molar-refractivity contribution in [3.63, 3.8) is 0 Å². The first-order chi connectivity index (χ1) is 15.4. The van der Waals surface area contributed by atoms with E-state index >= 15 is 0 Å². The first-order valence-corrected chi connectivity index (χ1v) is 11.3. The quantitative estimate of drug-likeness (QED) is 0.261. The van der Waals surface area contributed by atoms with E-state index in [1.807, 2.05) is 63.2 Å². The molecule has 0 spiro atoms. The van der Waals surface area contributed by atoms with Crippen molar-refractivity contribution in [2.75, 3.05) is 17.9 Å². The molecule has 0 aliphatic heterocycles. The average molecular weight is 447 g/mol. The molecule has 1 amide bonds. The number of amides is 1. The maximum atomic E-state index is 13.3. The van der Waals surface area contributed by atoms with Crippen LogP contribution < -0.4 is 15.5 Å². The highest BCUT2D eigenvalue weighted by atomic mass is 32.1. The Morgan fingerprint density at radius 2 is 1.88 bits per heavy atom. The lowest BCUT2D eigenvalue weighted by atomic mass is 10.0. The topological polar surface area (TPSA) is 75.6 Å². The van der Waals surface area contributed by atoms with Crippen LogP contribution in [-0.4, -0.2) is 23.7 Å². The standard InChI is InChI=1S/C25H26N4O2S/c1-6-15(3)28-29-25-26-20-11-14(2)22(16(4)23(20)32-25)27-24(30)19-12-17-9-7-8-10-18(17)13-21(19)31-5/h7-13H,6H2,1-5H3,(H,26,29)(H,27,30)/b28-15+. The summed E-state index contributed by atoms with van der Waals surface area (Å²) in [5.41, 5.74) is 8.16. The van der Waals surface area contributed by atoms with Gasteiger partial charge in [-0.2, -0.15) is 5.10 Å². The number of methoxy groups -OCH3 is 1. The Balaban J connectivity index is 1.69. The van der Waals surface area contributed by atoms with Gasteiger partial charge in [-0.25, -0.2) is 4.98 Å². The molecule has 0 unspecified atom stereocenters. The van der Waals surface area contributed by atoms with Crippen LogP contribution in [0.15, 0.2) is 47.6 Å². The number of fused-ring (bicyclic) bond motifs is 2. The van der Waals surface area contributed by atoms with Crippen LogP contribution in [0.5, 0.6) is 5.75 Å². The second-order valence-electron chi connectivity index (χ2n) is 7.73. The van der Waals surface area contributed by atoms with Gasteiger partial charge in [0.15, 0.2) is 0 Å². The van der Waals surface area contributed by atoms with Gasteiger partial charge in [0.2, 0.25) is 5.13 Å². The van der Waals surface area contributed by atoms with Crippen molar-refractivity contribution >= 4 is 54.8 Å². The summed E-state index contributed by atoms with van der Waals surface area (Å²) >= 11 is 1.53. The number of carbonyl (C=O) groups excluding carboxylic acids is 1. The summed E-state index contributed by atoms with van der Waals surface area (Å²) in [6.45, 7) is 8.02. The van der Waals surface area contributed by atoms with Gasteiger partial charge >= 0.3 is 0 Å². The molecule has 1 heterocycles. The van der Waals surface area contributed by atoms with E-state index in [2.05, 4.69) is 27.8 Å². The van der Waals surface area contributed by atoms with Crippen LogP contribution in [0.4, 0.5) is 10.8 Å². The third kappa shape index (κ3) is 4.16. The van der Waals surface area contributed by atoms with Gasteiger partial charge in [-0.3, -0.25) is 10.2 Å². The number of thiazole rings is 1. The van der Waals surface area contributed by atoms with E-state index in [4.69, 9.17) is 4.74 Å². The molecule has 0 fully saturated rings. The lowest BCUT2D eigenvalue weighted by Gasteiger charge is -2.14. The Morgan fingerprint density at radius 3 is 2.56 bits per heavy atom. The molecule has 164 valence electrons. The minimum Gasteiger partial charge on any atom is -0.496 e. The van der Waals surface area contributed by atoms with Crippen LogP contribution in [0.2, 0.25) is 0 Å². The lowest BCUT2D eigenvalue weighted by molar-refractivity contribution is 0.102. The van der Waals surface area contributed by atoms with Crippen molar-refractivity contribution in [3.8, 4) is 5.75 Å². The van der Waals surface area contributed by atoms with Crippen LogP contribution in [0, 0.1) is 13.8 Å². The number of rotatable bonds is 6. The number of hydrazone groups is 1. The highest BCUT2D eigenvalue weighted by molar-refractivity contribution is 7.22. The number of ether oxygens (including phenoxy) is 1. The third-order valence-corrected chi connectivity index (χ3v) is 6.62. The molecule has 0 aliphatic carbocycles. The molecule has 0 aliphatic rings. The van der Waals surface area contributed by atoms with Gasteiger partial charge in [0, 0.05) is 11.4 Å². The number of carbonyl (C=O) groups is 1. The molecule has 4 aromatic rings. The van der Waals surface area contributed by atoms with Crippen LogP contribution >= 0.6 is 11.3 Å². The summed E-state index contributed by atoms with van der Waals surface area (Å²) in [7, 11) is 1.58. The molecule has 0 bridgehead atoms. The molecule has 0 atom stereocenters. The van der Waals surface area contributed by atoms with Gasteiger partial charge in [-0.15, -0.1) is 0 Å². The van der Waals surface area contributed by atoms with E-state index in [-0.39, 0.29) is 5.91 Å². The molecule has 0 saturated heterocycles. The van der Waals surface area contributed by atoms with Crippen LogP contribution in [0.1, 0.15) is 41.8 Å². The maximum Gasteiger partial charge on any atom is 0.259 e. The fraction of sp³-hybridized carbons (Fsp3) is 0.240. The molecule has 32 heavy (non-hydrogen) atoms. The Hall–Kier alpha value is -3.45. The van der Waals surface area contributed by atoms with E-state index in [9.17, 15) is 4.79 Å². The summed E-state index contributed by atoms with van der Waals surface area (Å²) < 4.78 is 6.53. The summed E-state index contributed by atoms with van der Waals surface area (Å²) in [5, 5.41) is 10.2. The van der Waals surface area contributed by atoms with E-state index in [1.165, 1.54) is 11.3 Å². The number of aromatic nitrogens is 1. The Bertz CT molecular complexity index is 1360. The lowest BCUT2D eigenvalue weighted by Crippen LogP contribution is -2.15.